The van der Waals surface area contributed by atoms with Gasteiger partial charge in [0, 0.05) is 29.5 Å². The highest BCUT2D eigenvalue weighted by molar-refractivity contribution is 7.18. The molecule has 0 aliphatic rings. The van der Waals surface area contributed by atoms with Crippen molar-refractivity contribution in [3.05, 3.63) is 70.4 Å². The molecule has 3 aromatic rings. The third-order valence-corrected chi connectivity index (χ3v) is 4.94. The maximum Gasteiger partial charge on any atom is 0.270 e. The molecule has 0 aliphatic heterocycles. The van der Waals surface area contributed by atoms with E-state index >= 15 is 0 Å². The largest absolute Gasteiger partial charge is 0.270 e. The second kappa shape index (κ2) is 6.17. The molecular weight excluding hydrogens is 320 g/mol. The van der Waals surface area contributed by atoms with Gasteiger partial charge in [0.05, 0.1) is 9.80 Å². The molecule has 0 aliphatic carbocycles. The van der Waals surface area contributed by atoms with Gasteiger partial charge in [0.25, 0.3) is 5.69 Å². The van der Waals surface area contributed by atoms with Gasteiger partial charge < -0.3 is 0 Å². The smallest absolute Gasteiger partial charge is 0.258 e. The van der Waals surface area contributed by atoms with Crippen LogP contribution in [0.3, 0.4) is 0 Å². The standard InChI is InChI=1S/C19H18N2O2S/c1-19(2,3)15-9-7-13(8-10-15)18-20-12-17(24-18)14-5-4-6-16(11-14)21(22)23/h4-12H,1-3H3. The van der Waals surface area contributed by atoms with Crippen LogP contribution in [0.25, 0.3) is 21.0 Å². The Morgan fingerprint density at radius 2 is 1.75 bits per heavy atom. The van der Waals surface area contributed by atoms with Crippen LogP contribution in [0.2, 0.25) is 0 Å². The Labute approximate surface area is 145 Å². The van der Waals surface area contributed by atoms with Crippen molar-refractivity contribution >= 4 is 17.0 Å². The summed E-state index contributed by atoms with van der Waals surface area (Å²) in [6.07, 6.45) is 1.77. The molecule has 24 heavy (non-hydrogen) atoms. The summed E-state index contributed by atoms with van der Waals surface area (Å²) in [6.45, 7) is 6.56. The summed E-state index contributed by atoms with van der Waals surface area (Å²) in [5.41, 5.74) is 3.37. The molecule has 0 saturated carbocycles. The summed E-state index contributed by atoms with van der Waals surface area (Å²) in [6, 6.07) is 15.1. The Kier molecular flexibility index (Phi) is 4.20. The second-order valence-electron chi connectivity index (χ2n) is 6.66. The zero-order valence-electron chi connectivity index (χ0n) is 13.8. The van der Waals surface area contributed by atoms with Gasteiger partial charge in [0.15, 0.2) is 0 Å². The van der Waals surface area contributed by atoms with E-state index in [1.807, 2.05) is 6.07 Å². The number of nitro groups is 1. The van der Waals surface area contributed by atoms with Gasteiger partial charge >= 0.3 is 0 Å². The Morgan fingerprint density at radius 1 is 1.04 bits per heavy atom. The minimum atomic E-state index is -0.378. The normalized spacial score (nSPS) is 11.5. The minimum absolute atomic E-state index is 0.0944. The van der Waals surface area contributed by atoms with E-state index in [2.05, 4.69) is 50.0 Å². The molecule has 3 rings (SSSR count). The lowest BCUT2D eigenvalue weighted by Gasteiger charge is -2.18. The molecule has 0 saturated heterocycles. The summed E-state index contributed by atoms with van der Waals surface area (Å²) in [4.78, 5) is 15.9. The maximum atomic E-state index is 10.9. The molecule has 0 fully saturated rings. The Balaban J connectivity index is 1.91. The third-order valence-electron chi connectivity index (χ3n) is 3.85. The number of non-ortho nitro benzene ring substituents is 1. The molecule has 122 valence electrons. The van der Waals surface area contributed by atoms with E-state index in [0.717, 1.165) is 21.0 Å². The first kappa shape index (κ1) is 16.3. The molecular formula is C19H18N2O2S. The first-order valence-electron chi connectivity index (χ1n) is 7.66. The Morgan fingerprint density at radius 3 is 2.38 bits per heavy atom. The third kappa shape index (κ3) is 3.36. The van der Waals surface area contributed by atoms with Gasteiger partial charge in [-0.1, -0.05) is 57.2 Å². The fourth-order valence-corrected chi connectivity index (χ4v) is 3.34. The first-order valence-corrected chi connectivity index (χ1v) is 8.48. The van der Waals surface area contributed by atoms with Gasteiger partial charge in [0.1, 0.15) is 5.01 Å². The summed E-state index contributed by atoms with van der Waals surface area (Å²) < 4.78 is 0. The van der Waals surface area contributed by atoms with Gasteiger partial charge in [-0.05, 0) is 11.0 Å². The minimum Gasteiger partial charge on any atom is -0.258 e. The average molecular weight is 338 g/mol. The summed E-state index contributed by atoms with van der Waals surface area (Å²) in [7, 11) is 0. The van der Waals surface area contributed by atoms with Crippen LogP contribution in [0.15, 0.2) is 54.7 Å². The molecule has 2 aromatic carbocycles. The maximum absolute atomic E-state index is 10.9. The first-order chi connectivity index (χ1) is 11.3. The highest BCUT2D eigenvalue weighted by Gasteiger charge is 2.14. The Bertz CT molecular complexity index is 877. The quantitative estimate of drug-likeness (QED) is 0.456. The van der Waals surface area contributed by atoms with Crippen LogP contribution in [-0.2, 0) is 5.41 Å². The van der Waals surface area contributed by atoms with Crippen molar-refractivity contribution in [2.24, 2.45) is 0 Å². The van der Waals surface area contributed by atoms with Crippen molar-refractivity contribution in [3.8, 4) is 21.0 Å². The lowest BCUT2D eigenvalue weighted by atomic mass is 9.87. The van der Waals surface area contributed by atoms with E-state index in [1.54, 1.807) is 18.3 Å². The molecule has 0 N–H and O–H groups in total. The fourth-order valence-electron chi connectivity index (χ4n) is 2.43. The second-order valence-corrected chi connectivity index (χ2v) is 7.70. The van der Waals surface area contributed by atoms with Crippen molar-refractivity contribution < 1.29 is 4.92 Å². The van der Waals surface area contributed by atoms with Gasteiger partial charge in [-0.2, -0.15) is 0 Å². The predicted octanol–water partition coefficient (Wildman–Crippen LogP) is 5.68. The van der Waals surface area contributed by atoms with Gasteiger partial charge in [-0.3, -0.25) is 10.1 Å². The summed E-state index contributed by atoms with van der Waals surface area (Å²) in [5.74, 6) is 0. The molecule has 0 bridgehead atoms. The van der Waals surface area contributed by atoms with Gasteiger partial charge in [-0.25, -0.2) is 4.98 Å². The lowest BCUT2D eigenvalue weighted by Crippen LogP contribution is -2.10. The van der Waals surface area contributed by atoms with Crippen LogP contribution in [-0.4, -0.2) is 9.91 Å². The lowest BCUT2D eigenvalue weighted by molar-refractivity contribution is -0.384. The van der Waals surface area contributed by atoms with Gasteiger partial charge in [-0.15, -0.1) is 11.3 Å². The number of rotatable bonds is 3. The van der Waals surface area contributed by atoms with Crippen LogP contribution in [0, 0.1) is 10.1 Å². The van der Waals surface area contributed by atoms with Crippen molar-refractivity contribution in [2.75, 3.05) is 0 Å². The molecule has 0 spiro atoms. The highest BCUT2D eigenvalue weighted by atomic mass is 32.1. The predicted molar refractivity (Wildman–Crippen MR) is 98.3 cm³/mol. The number of hydrogen-bond donors (Lipinski definition) is 0. The van der Waals surface area contributed by atoms with E-state index in [1.165, 1.54) is 23.0 Å². The van der Waals surface area contributed by atoms with Crippen LogP contribution in [0.5, 0.6) is 0 Å². The molecule has 5 heteroatoms. The molecule has 0 amide bonds. The highest BCUT2D eigenvalue weighted by Crippen LogP contribution is 2.34. The molecule has 0 unspecified atom stereocenters. The number of thiazole rings is 1. The van der Waals surface area contributed by atoms with E-state index in [0.29, 0.717) is 0 Å². The summed E-state index contributed by atoms with van der Waals surface area (Å²) in [5, 5.41) is 11.8. The molecule has 0 radical (unpaired) electrons. The van der Waals surface area contributed by atoms with Crippen LogP contribution >= 0.6 is 11.3 Å². The Hall–Kier alpha value is -2.53. The van der Waals surface area contributed by atoms with Crippen LogP contribution in [0.1, 0.15) is 26.3 Å². The number of benzene rings is 2. The zero-order valence-corrected chi connectivity index (χ0v) is 14.6. The van der Waals surface area contributed by atoms with Crippen LogP contribution in [0.4, 0.5) is 5.69 Å². The zero-order chi connectivity index (χ0) is 17.3. The topological polar surface area (TPSA) is 56.0 Å². The van der Waals surface area contributed by atoms with Crippen molar-refractivity contribution in [1.82, 2.24) is 4.98 Å². The molecule has 1 aromatic heterocycles. The van der Waals surface area contributed by atoms with Crippen LogP contribution < -0.4 is 0 Å². The van der Waals surface area contributed by atoms with Crippen molar-refractivity contribution in [1.29, 1.82) is 0 Å². The van der Waals surface area contributed by atoms with E-state index in [4.69, 9.17) is 0 Å². The number of hydrogen-bond acceptors (Lipinski definition) is 4. The number of nitrogens with zero attached hydrogens (tertiary/aromatic N) is 2. The number of nitro benzene ring substituents is 1. The van der Waals surface area contributed by atoms with E-state index in [-0.39, 0.29) is 16.0 Å². The van der Waals surface area contributed by atoms with E-state index in [9.17, 15) is 10.1 Å². The van der Waals surface area contributed by atoms with Crippen molar-refractivity contribution in [3.63, 3.8) is 0 Å². The fraction of sp³-hybridized carbons (Fsp3) is 0.211. The molecule has 4 nitrogen and oxygen atoms in total. The van der Waals surface area contributed by atoms with E-state index < -0.39 is 0 Å². The summed E-state index contributed by atoms with van der Waals surface area (Å²) >= 11 is 1.54. The molecule has 1 heterocycles. The average Bonchev–Trinajstić information content (AvgIpc) is 3.04. The van der Waals surface area contributed by atoms with Gasteiger partial charge in [0.2, 0.25) is 0 Å². The monoisotopic (exact) mass is 338 g/mol. The van der Waals surface area contributed by atoms with Crippen molar-refractivity contribution in [2.45, 2.75) is 26.2 Å². The molecule has 0 atom stereocenters. The SMILES string of the molecule is CC(C)(C)c1ccc(-c2ncc(-c3cccc([N+](=O)[O-])c3)s2)cc1. The number of aromatic nitrogens is 1.